The highest BCUT2D eigenvalue weighted by atomic mass is 79.9. The van der Waals surface area contributed by atoms with Gasteiger partial charge in [0.05, 0.1) is 51.6 Å². The highest BCUT2D eigenvalue weighted by molar-refractivity contribution is 9.10. The first kappa shape index (κ1) is 31.4. The topological polar surface area (TPSA) is 169 Å². The minimum absolute atomic E-state index is 0.0806. The summed E-state index contributed by atoms with van der Waals surface area (Å²) in [5.74, 6) is -1.27. The van der Waals surface area contributed by atoms with Crippen molar-refractivity contribution in [1.29, 1.82) is 0 Å². The third kappa shape index (κ3) is 6.46. The number of phenolic OH excluding ortho intramolecular Hbond substituents is 1. The molecular formula is C28H26BrN3O10S. The quantitative estimate of drug-likeness (QED) is 0.191. The van der Waals surface area contributed by atoms with E-state index in [1.807, 2.05) is 0 Å². The van der Waals surface area contributed by atoms with Gasteiger partial charge in [-0.3, -0.25) is 19.5 Å². The number of benzene rings is 2. The summed E-state index contributed by atoms with van der Waals surface area (Å²) in [4.78, 5) is 54.2. The molecule has 0 radical (unpaired) electrons. The van der Waals surface area contributed by atoms with Crippen LogP contribution in [-0.4, -0.2) is 53.5 Å². The van der Waals surface area contributed by atoms with Crippen molar-refractivity contribution < 1.29 is 38.6 Å². The molecule has 0 saturated heterocycles. The lowest BCUT2D eigenvalue weighted by atomic mass is 9.95. The van der Waals surface area contributed by atoms with Crippen LogP contribution in [0.4, 0.5) is 5.69 Å². The fourth-order valence-corrected chi connectivity index (χ4v) is 5.88. The molecule has 3 aromatic rings. The van der Waals surface area contributed by atoms with E-state index in [-0.39, 0.29) is 56.3 Å². The van der Waals surface area contributed by atoms with Crippen molar-refractivity contribution in [2.45, 2.75) is 26.8 Å². The molecule has 1 aromatic heterocycles. The number of carbonyl (C=O) groups is 2. The molecule has 15 heteroatoms. The van der Waals surface area contributed by atoms with Gasteiger partial charge in [-0.05, 0) is 72.1 Å². The van der Waals surface area contributed by atoms with E-state index in [1.54, 1.807) is 39.0 Å². The maximum atomic E-state index is 13.9. The molecule has 0 saturated carbocycles. The molecule has 0 aliphatic carbocycles. The Morgan fingerprint density at radius 2 is 1.93 bits per heavy atom. The molecule has 2 aromatic carbocycles. The van der Waals surface area contributed by atoms with Crippen LogP contribution in [-0.2, 0) is 19.1 Å². The molecule has 0 bridgehead atoms. The van der Waals surface area contributed by atoms with E-state index >= 15 is 0 Å². The smallest absolute Gasteiger partial charge is 0.343 e. The van der Waals surface area contributed by atoms with E-state index in [0.29, 0.717) is 11.3 Å². The Hall–Kier alpha value is -4.50. The van der Waals surface area contributed by atoms with Crippen LogP contribution in [0.1, 0.15) is 37.9 Å². The first-order valence-electron chi connectivity index (χ1n) is 12.8. The van der Waals surface area contributed by atoms with Gasteiger partial charge in [0.2, 0.25) is 5.75 Å². The Labute approximate surface area is 256 Å². The Morgan fingerprint density at radius 1 is 1.19 bits per heavy atom. The first-order chi connectivity index (χ1) is 20.5. The molecule has 2 heterocycles. The molecule has 4 rings (SSSR count). The summed E-state index contributed by atoms with van der Waals surface area (Å²) in [6.07, 6.45) is 1.44. The van der Waals surface area contributed by atoms with Crippen LogP contribution in [0.25, 0.3) is 6.08 Å². The average molecular weight is 676 g/mol. The van der Waals surface area contributed by atoms with Crippen molar-refractivity contribution >= 4 is 51.0 Å². The third-order valence-electron chi connectivity index (χ3n) is 6.23. The minimum Gasteiger partial charge on any atom is -0.501 e. The van der Waals surface area contributed by atoms with E-state index in [9.17, 15) is 29.6 Å². The zero-order chi connectivity index (χ0) is 31.4. The van der Waals surface area contributed by atoms with Gasteiger partial charge in [-0.15, -0.1) is 0 Å². The first-order valence-corrected chi connectivity index (χ1v) is 14.4. The fourth-order valence-electron chi connectivity index (χ4n) is 4.36. The van der Waals surface area contributed by atoms with Crippen molar-refractivity contribution in [3.63, 3.8) is 0 Å². The number of nitrogens with zero attached hydrogens (tertiary/aromatic N) is 3. The number of carbonyl (C=O) groups excluding carboxylic acids is 2. The number of halogens is 1. The monoisotopic (exact) mass is 675 g/mol. The van der Waals surface area contributed by atoms with Gasteiger partial charge in [0.1, 0.15) is 0 Å². The van der Waals surface area contributed by atoms with E-state index < -0.39 is 39.9 Å². The number of rotatable bonds is 10. The number of hydrogen-bond acceptors (Lipinski definition) is 12. The van der Waals surface area contributed by atoms with Gasteiger partial charge in [-0.1, -0.05) is 17.4 Å². The Bertz CT molecular complexity index is 1830. The average Bonchev–Trinajstić information content (AvgIpc) is 3.27. The predicted octanol–water partition coefficient (Wildman–Crippen LogP) is 3.13. The summed E-state index contributed by atoms with van der Waals surface area (Å²) in [5, 5.41) is 21.5. The van der Waals surface area contributed by atoms with Crippen LogP contribution in [0.5, 0.6) is 17.2 Å². The van der Waals surface area contributed by atoms with E-state index in [0.717, 1.165) is 17.4 Å². The Kier molecular flexibility index (Phi) is 9.66. The normalized spacial score (nSPS) is 14.5. The highest BCUT2D eigenvalue weighted by Crippen LogP contribution is 2.37. The second kappa shape index (κ2) is 13.2. The van der Waals surface area contributed by atoms with Crippen LogP contribution < -0.4 is 24.4 Å². The number of phenols is 1. The van der Waals surface area contributed by atoms with Gasteiger partial charge < -0.3 is 24.1 Å². The molecular weight excluding hydrogens is 650 g/mol. The van der Waals surface area contributed by atoms with E-state index in [4.69, 9.17) is 14.2 Å². The molecule has 0 amide bonds. The minimum atomic E-state index is -0.979. The maximum Gasteiger partial charge on any atom is 0.343 e. The molecule has 0 spiro atoms. The van der Waals surface area contributed by atoms with E-state index in [2.05, 4.69) is 25.7 Å². The number of aromatic hydroxyl groups is 1. The molecule has 1 atom stereocenters. The van der Waals surface area contributed by atoms with Gasteiger partial charge in [0, 0.05) is 6.07 Å². The lowest BCUT2D eigenvalue weighted by molar-refractivity contribution is -0.386. The van der Waals surface area contributed by atoms with Gasteiger partial charge in [-0.25, -0.2) is 14.6 Å². The number of hydrogen-bond donors (Lipinski definition) is 1. The van der Waals surface area contributed by atoms with Crippen molar-refractivity contribution in [3.05, 3.63) is 87.0 Å². The van der Waals surface area contributed by atoms with Gasteiger partial charge >= 0.3 is 17.6 Å². The molecule has 226 valence electrons. The maximum absolute atomic E-state index is 13.9. The second-order valence-corrected chi connectivity index (χ2v) is 10.8. The van der Waals surface area contributed by atoms with Crippen LogP contribution in [0.2, 0.25) is 0 Å². The highest BCUT2D eigenvalue weighted by Gasteiger charge is 2.34. The van der Waals surface area contributed by atoms with Crippen LogP contribution in [0.15, 0.2) is 55.9 Å². The largest absolute Gasteiger partial charge is 0.501 e. The molecule has 1 N–H and O–H groups in total. The number of thiazole rings is 1. The van der Waals surface area contributed by atoms with Gasteiger partial charge in [-0.2, -0.15) is 0 Å². The van der Waals surface area contributed by atoms with Crippen LogP contribution in [0, 0.1) is 10.1 Å². The summed E-state index contributed by atoms with van der Waals surface area (Å²) in [5.41, 5.74) is 0.174. The SMILES string of the molecule is CCOC(=O)C1=C(C)N=c2s/c(=C\c3cc(Br)c(O)c([N+](=O)[O-])c3)c(=O)n2[C@@H]1c1ccc(OCC(=O)OC)c(OCC)c1. The molecule has 0 fully saturated rings. The van der Waals surface area contributed by atoms with Crippen molar-refractivity contribution in [1.82, 2.24) is 4.57 Å². The Balaban J connectivity index is 1.93. The Morgan fingerprint density at radius 3 is 2.58 bits per heavy atom. The van der Waals surface area contributed by atoms with Crippen molar-refractivity contribution in [3.8, 4) is 17.2 Å². The number of fused-ring (bicyclic) bond motifs is 1. The van der Waals surface area contributed by atoms with Crippen LogP contribution >= 0.6 is 27.3 Å². The number of nitro benzene ring substituents is 1. The summed E-state index contributed by atoms with van der Waals surface area (Å²) in [6.45, 7) is 5.05. The van der Waals surface area contributed by atoms with E-state index in [1.165, 1.54) is 23.8 Å². The van der Waals surface area contributed by atoms with Crippen molar-refractivity contribution in [2.24, 2.45) is 4.99 Å². The molecule has 13 nitrogen and oxygen atoms in total. The van der Waals surface area contributed by atoms with Crippen LogP contribution in [0.3, 0.4) is 0 Å². The summed E-state index contributed by atoms with van der Waals surface area (Å²) < 4.78 is 22.9. The number of ether oxygens (including phenoxy) is 4. The van der Waals surface area contributed by atoms with Gasteiger partial charge in [0.25, 0.3) is 5.56 Å². The second-order valence-electron chi connectivity index (χ2n) is 8.93. The summed E-state index contributed by atoms with van der Waals surface area (Å²) in [7, 11) is 1.24. The zero-order valence-corrected chi connectivity index (χ0v) is 25.8. The summed E-state index contributed by atoms with van der Waals surface area (Å²) >= 11 is 4.14. The molecule has 1 aliphatic heterocycles. The number of esters is 2. The molecule has 43 heavy (non-hydrogen) atoms. The summed E-state index contributed by atoms with van der Waals surface area (Å²) in [6, 6.07) is 6.41. The lowest BCUT2D eigenvalue weighted by Gasteiger charge is -2.25. The lowest BCUT2D eigenvalue weighted by Crippen LogP contribution is -2.40. The number of methoxy groups -OCH3 is 1. The number of nitro groups is 1. The van der Waals surface area contributed by atoms with Gasteiger partial charge in [0.15, 0.2) is 22.9 Å². The number of aromatic nitrogens is 1. The molecule has 0 unspecified atom stereocenters. The fraction of sp³-hybridized carbons (Fsp3) is 0.286. The standard InChI is InChI=1S/C28H26BrN3O10S/c1-5-40-20-12-16(7-8-19(20)42-13-22(33)39-4)24-23(27(36)41-6-2)14(3)30-28-31(24)26(35)21(43-28)11-15-9-17(29)25(34)18(10-15)32(37)38/h7-12,24,34H,5-6,13H2,1-4H3/b21-11-/t24-/m1/s1. The predicted molar refractivity (Wildman–Crippen MR) is 158 cm³/mol. The van der Waals surface area contributed by atoms with Crippen molar-refractivity contribution in [2.75, 3.05) is 26.9 Å². The molecule has 1 aliphatic rings. The zero-order valence-electron chi connectivity index (χ0n) is 23.4. The number of allylic oxidation sites excluding steroid dienone is 1. The third-order valence-corrected chi connectivity index (χ3v) is 7.82.